The zero-order valence-electron chi connectivity index (χ0n) is 13.8. The predicted octanol–water partition coefficient (Wildman–Crippen LogP) is 1.77. The van der Waals surface area contributed by atoms with Crippen LogP contribution in [0.25, 0.3) is 0 Å². The van der Waals surface area contributed by atoms with Gasteiger partial charge >= 0.3 is 0 Å². The van der Waals surface area contributed by atoms with E-state index in [1.54, 1.807) is 4.90 Å². The Bertz CT molecular complexity index is 603. The van der Waals surface area contributed by atoms with Gasteiger partial charge in [-0.2, -0.15) is 0 Å². The molecule has 0 radical (unpaired) electrons. The number of halogens is 1. The number of nitrogens with two attached hydrogens (primary N) is 1. The van der Waals surface area contributed by atoms with Gasteiger partial charge in [0.2, 0.25) is 5.91 Å². The summed E-state index contributed by atoms with van der Waals surface area (Å²) in [5.74, 6) is -0.677. The predicted molar refractivity (Wildman–Crippen MR) is 88.9 cm³/mol. The quantitative estimate of drug-likeness (QED) is 0.917. The number of amides is 2. The molecule has 1 aromatic rings. The number of piperazine rings is 1. The minimum Gasteiger partial charge on any atom is -0.368 e. The Hall–Kier alpha value is -1.95. The highest BCUT2D eigenvalue weighted by Gasteiger charge is 2.44. The lowest BCUT2D eigenvalue weighted by Gasteiger charge is -2.47. The smallest absolute Gasteiger partial charge is 0.253 e. The molecule has 2 amide bonds. The van der Waals surface area contributed by atoms with E-state index in [0.717, 1.165) is 32.1 Å². The topological polar surface area (TPSA) is 66.6 Å². The van der Waals surface area contributed by atoms with Gasteiger partial charge in [0.05, 0.1) is 0 Å². The van der Waals surface area contributed by atoms with Crippen molar-refractivity contribution in [2.75, 3.05) is 26.2 Å². The van der Waals surface area contributed by atoms with E-state index in [4.69, 9.17) is 5.73 Å². The summed E-state index contributed by atoms with van der Waals surface area (Å²) < 4.78 is 13.0. The van der Waals surface area contributed by atoms with E-state index < -0.39 is 5.54 Å². The van der Waals surface area contributed by atoms with Crippen molar-refractivity contribution in [2.45, 2.75) is 37.6 Å². The molecule has 0 aromatic heterocycles. The summed E-state index contributed by atoms with van der Waals surface area (Å²) >= 11 is 0. The van der Waals surface area contributed by atoms with Crippen molar-refractivity contribution in [2.24, 2.45) is 5.73 Å². The summed E-state index contributed by atoms with van der Waals surface area (Å²) in [4.78, 5) is 28.5. The molecule has 1 saturated heterocycles. The van der Waals surface area contributed by atoms with Crippen LogP contribution in [0, 0.1) is 5.82 Å². The van der Waals surface area contributed by atoms with E-state index in [0.29, 0.717) is 31.7 Å². The van der Waals surface area contributed by atoms with Gasteiger partial charge in [0.25, 0.3) is 5.91 Å². The summed E-state index contributed by atoms with van der Waals surface area (Å²) in [6.07, 6.45) is 4.83. The number of hydrogen-bond donors (Lipinski definition) is 1. The molecule has 1 heterocycles. The number of carbonyl (C=O) groups excluding carboxylic acids is 2. The van der Waals surface area contributed by atoms with E-state index in [1.165, 1.54) is 24.3 Å². The molecule has 6 heteroatoms. The third-order valence-electron chi connectivity index (χ3n) is 5.40. The molecular weight excluding hydrogens is 309 g/mol. The minimum atomic E-state index is -0.538. The SMILES string of the molecule is NC(=O)C1(N2CCN(C(=O)c3ccc(F)cc3)CC2)CCCCC1. The lowest BCUT2D eigenvalue weighted by molar-refractivity contribution is -0.134. The van der Waals surface area contributed by atoms with Crippen LogP contribution >= 0.6 is 0 Å². The summed E-state index contributed by atoms with van der Waals surface area (Å²) in [7, 11) is 0. The minimum absolute atomic E-state index is 0.0913. The highest BCUT2D eigenvalue weighted by atomic mass is 19.1. The van der Waals surface area contributed by atoms with Crippen LogP contribution in [0.15, 0.2) is 24.3 Å². The summed E-state index contributed by atoms with van der Waals surface area (Å²) in [5.41, 5.74) is 5.69. The highest BCUT2D eigenvalue weighted by molar-refractivity contribution is 5.94. The van der Waals surface area contributed by atoms with E-state index in [-0.39, 0.29) is 17.6 Å². The van der Waals surface area contributed by atoms with Gasteiger partial charge in [-0.15, -0.1) is 0 Å². The number of hydrogen-bond acceptors (Lipinski definition) is 3. The molecule has 24 heavy (non-hydrogen) atoms. The average molecular weight is 333 g/mol. The van der Waals surface area contributed by atoms with E-state index in [1.807, 2.05) is 0 Å². The van der Waals surface area contributed by atoms with Gasteiger partial charge in [-0.1, -0.05) is 19.3 Å². The lowest BCUT2D eigenvalue weighted by atomic mass is 9.79. The summed E-state index contributed by atoms with van der Waals surface area (Å²) in [6.45, 7) is 2.42. The Morgan fingerprint density at radius 1 is 0.958 bits per heavy atom. The number of nitrogens with zero attached hydrogens (tertiary/aromatic N) is 2. The molecule has 1 aromatic carbocycles. The molecular formula is C18H24FN3O2. The molecule has 5 nitrogen and oxygen atoms in total. The van der Waals surface area contributed by atoms with Crippen LogP contribution in [0.3, 0.4) is 0 Å². The fourth-order valence-corrected chi connectivity index (χ4v) is 3.97. The molecule has 130 valence electrons. The largest absolute Gasteiger partial charge is 0.368 e. The van der Waals surface area contributed by atoms with Gasteiger partial charge in [0, 0.05) is 31.7 Å². The second-order valence-corrected chi connectivity index (χ2v) is 6.74. The second-order valence-electron chi connectivity index (χ2n) is 6.74. The zero-order valence-corrected chi connectivity index (χ0v) is 13.8. The van der Waals surface area contributed by atoms with E-state index in [9.17, 15) is 14.0 Å². The molecule has 0 atom stereocenters. The Morgan fingerprint density at radius 3 is 2.08 bits per heavy atom. The first-order valence-electron chi connectivity index (χ1n) is 8.63. The lowest BCUT2D eigenvalue weighted by Crippen LogP contribution is -2.63. The Balaban J connectivity index is 1.65. The van der Waals surface area contributed by atoms with Crippen molar-refractivity contribution >= 4 is 11.8 Å². The van der Waals surface area contributed by atoms with Crippen LogP contribution in [-0.2, 0) is 4.79 Å². The molecule has 1 aliphatic heterocycles. The molecule has 2 N–H and O–H groups in total. The monoisotopic (exact) mass is 333 g/mol. The van der Waals surface area contributed by atoms with Crippen LogP contribution in [0.4, 0.5) is 4.39 Å². The van der Waals surface area contributed by atoms with Crippen molar-refractivity contribution in [3.63, 3.8) is 0 Å². The van der Waals surface area contributed by atoms with Gasteiger partial charge in [-0.25, -0.2) is 4.39 Å². The van der Waals surface area contributed by atoms with Crippen molar-refractivity contribution in [3.8, 4) is 0 Å². The van der Waals surface area contributed by atoms with Crippen LogP contribution in [0.2, 0.25) is 0 Å². The third-order valence-corrected chi connectivity index (χ3v) is 5.40. The number of carbonyl (C=O) groups is 2. The normalized spacial score (nSPS) is 21.5. The average Bonchev–Trinajstić information content (AvgIpc) is 2.62. The van der Waals surface area contributed by atoms with Crippen LogP contribution in [-0.4, -0.2) is 53.3 Å². The molecule has 2 fully saturated rings. The molecule has 2 aliphatic rings. The molecule has 1 aliphatic carbocycles. The second kappa shape index (κ2) is 6.89. The Morgan fingerprint density at radius 2 is 1.54 bits per heavy atom. The van der Waals surface area contributed by atoms with Gasteiger partial charge in [-0.3, -0.25) is 14.5 Å². The van der Waals surface area contributed by atoms with Crippen LogP contribution in [0.5, 0.6) is 0 Å². The van der Waals surface area contributed by atoms with Crippen LogP contribution in [0.1, 0.15) is 42.5 Å². The van der Waals surface area contributed by atoms with Crippen molar-refractivity contribution in [1.29, 1.82) is 0 Å². The Labute approximate surface area is 141 Å². The van der Waals surface area contributed by atoms with Crippen molar-refractivity contribution in [3.05, 3.63) is 35.6 Å². The number of primary amides is 1. The maximum Gasteiger partial charge on any atom is 0.253 e. The molecule has 0 bridgehead atoms. The zero-order chi connectivity index (χ0) is 17.2. The van der Waals surface area contributed by atoms with Gasteiger partial charge in [0.15, 0.2) is 0 Å². The van der Waals surface area contributed by atoms with Crippen molar-refractivity contribution < 1.29 is 14.0 Å². The molecule has 0 spiro atoms. The molecule has 1 saturated carbocycles. The number of rotatable bonds is 3. The van der Waals surface area contributed by atoms with E-state index in [2.05, 4.69) is 4.90 Å². The highest BCUT2D eigenvalue weighted by Crippen LogP contribution is 2.34. The fraction of sp³-hybridized carbons (Fsp3) is 0.556. The van der Waals surface area contributed by atoms with Crippen LogP contribution < -0.4 is 5.73 Å². The first-order valence-corrected chi connectivity index (χ1v) is 8.63. The Kier molecular flexibility index (Phi) is 4.85. The third kappa shape index (κ3) is 3.15. The first-order chi connectivity index (χ1) is 11.5. The standard InChI is InChI=1S/C18H24FN3O2/c19-15-6-4-14(5-7-15)16(23)21-10-12-22(13-11-21)18(17(20)24)8-2-1-3-9-18/h4-7H,1-3,8-13H2,(H2,20,24). The van der Waals surface area contributed by atoms with Gasteiger partial charge in [0.1, 0.15) is 11.4 Å². The summed E-state index contributed by atoms with van der Waals surface area (Å²) in [6, 6.07) is 5.62. The maximum atomic E-state index is 13.0. The fourth-order valence-electron chi connectivity index (χ4n) is 3.97. The molecule has 0 unspecified atom stereocenters. The number of benzene rings is 1. The molecule has 3 rings (SSSR count). The summed E-state index contributed by atoms with van der Waals surface area (Å²) in [5, 5.41) is 0. The van der Waals surface area contributed by atoms with E-state index >= 15 is 0 Å². The van der Waals surface area contributed by atoms with Gasteiger partial charge in [-0.05, 0) is 37.1 Å². The van der Waals surface area contributed by atoms with Crippen molar-refractivity contribution in [1.82, 2.24) is 9.80 Å². The maximum absolute atomic E-state index is 13.0. The first kappa shape index (κ1) is 16.9. The van der Waals surface area contributed by atoms with Gasteiger partial charge < -0.3 is 10.6 Å².